The summed E-state index contributed by atoms with van der Waals surface area (Å²) in [5.74, 6) is -1.57. The van der Waals surface area contributed by atoms with Crippen molar-refractivity contribution in [3.8, 4) is 17.0 Å². The maximum Gasteiger partial charge on any atom is 0.409 e. The first-order valence-electron chi connectivity index (χ1n) is 17.0. The van der Waals surface area contributed by atoms with Crippen LogP contribution in [0.15, 0.2) is 42.5 Å². The second-order valence-electron chi connectivity index (χ2n) is 12.1. The minimum absolute atomic E-state index is 0.0150. The Bertz CT molecular complexity index is 1420. The molecule has 0 aliphatic carbocycles. The van der Waals surface area contributed by atoms with Gasteiger partial charge in [0.2, 0.25) is 5.91 Å². The van der Waals surface area contributed by atoms with E-state index >= 15 is 0 Å². The van der Waals surface area contributed by atoms with E-state index in [9.17, 15) is 29.1 Å². The zero-order valence-corrected chi connectivity index (χ0v) is 28.3. The fraction of sp³-hybridized carbons (Fsp3) is 0.543. The SMILES string of the molecule is CCCCOC(=O)N1CCN(C(=O)[C@H](CCC(=O)O)NC(=O)c2cc(OCC3CCN(C(=O)OCC)CC3)cc(-c3ccccc3)n2)CC1. The van der Waals surface area contributed by atoms with Gasteiger partial charge in [-0.15, -0.1) is 0 Å². The third kappa shape index (κ3) is 11.1. The second kappa shape index (κ2) is 18.6. The Morgan fingerprint density at radius 2 is 1.55 bits per heavy atom. The standard InChI is InChI=1S/C35H47N5O9/c1-3-5-21-48-35(46)40-19-17-38(18-20-40)33(44)28(11-12-31(41)42)37-32(43)30-23-27(22-29(36-30)26-9-7-6-8-10-26)49-24-25-13-15-39(16-14-25)34(45)47-4-2/h6-10,22-23,25,28H,3-5,11-21,24H2,1-2H3,(H,37,43)(H,41,42)/t28-/m0/s1. The number of aromatic nitrogens is 1. The first-order chi connectivity index (χ1) is 23.7. The molecule has 1 aromatic heterocycles. The van der Waals surface area contributed by atoms with Crippen molar-refractivity contribution >= 4 is 30.0 Å². The Labute approximate surface area is 286 Å². The highest BCUT2D eigenvalue weighted by atomic mass is 16.6. The van der Waals surface area contributed by atoms with Crippen molar-refractivity contribution in [1.29, 1.82) is 0 Å². The molecule has 2 aromatic rings. The molecule has 2 N–H and O–H groups in total. The van der Waals surface area contributed by atoms with Crippen molar-refractivity contribution < 1.29 is 43.3 Å². The van der Waals surface area contributed by atoms with E-state index in [0.29, 0.717) is 44.4 Å². The number of nitrogens with zero attached hydrogens (tertiary/aromatic N) is 4. The minimum atomic E-state index is -1.12. The van der Waals surface area contributed by atoms with E-state index in [1.165, 1.54) is 15.9 Å². The molecule has 4 rings (SSSR count). The Kier molecular flexibility index (Phi) is 14.0. The van der Waals surface area contributed by atoms with Gasteiger partial charge in [-0.25, -0.2) is 14.6 Å². The van der Waals surface area contributed by atoms with Crippen LogP contribution in [0, 0.1) is 5.92 Å². The molecule has 0 saturated carbocycles. The van der Waals surface area contributed by atoms with Crippen LogP contribution >= 0.6 is 0 Å². The molecule has 0 radical (unpaired) electrons. The van der Waals surface area contributed by atoms with Crippen LogP contribution in [0.25, 0.3) is 11.3 Å². The molecular formula is C35H47N5O9. The Morgan fingerprint density at radius 3 is 2.20 bits per heavy atom. The third-order valence-electron chi connectivity index (χ3n) is 8.55. The number of pyridine rings is 1. The number of ether oxygens (including phenoxy) is 3. The number of benzene rings is 1. The quantitative estimate of drug-likeness (QED) is 0.278. The van der Waals surface area contributed by atoms with Crippen molar-refractivity contribution in [2.24, 2.45) is 5.92 Å². The lowest BCUT2D eigenvalue weighted by Crippen LogP contribution is -2.56. The van der Waals surface area contributed by atoms with Gasteiger partial charge in [-0.1, -0.05) is 43.7 Å². The molecule has 3 heterocycles. The molecule has 49 heavy (non-hydrogen) atoms. The van der Waals surface area contributed by atoms with E-state index in [4.69, 9.17) is 14.2 Å². The van der Waals surface area contributed by atoms with Gasteiger partial charge in [-0.05, 0) is 38.5 Å². The molecule has 2 fully saturated rings. The van der Waals surface area contributed by atoms with Crippen LogP contribution in [0.2, 0.25) is 0 Å². The van der Waals surface area contributed by atoms with Crippen LogP contribution in [-0.4, -0.2) is 120 Å². The first-order valence-corrected chi connectivity index (χ1v) is 17.0. The van der Waals surface area contributed by atoms with Crippen LogP contribution in [0.1, 0.15) is 62.9 Å². The predicted molar refractivity (Wildman–Crippen MR) is 179 cm³/mol. The normalized spacial score (nSPS) is 15.7. The number of amides is 4. The molecule has 14 nitrogen and oxygen atoms in total. The second-order valence-corrected chi connectivity index (χ2v) is 12.1. The molecule has 4 amide bonds. The average molecular weight is 682 g/mol. The summed E-state index contributed by atoms with van der Waals surface area (Å²) in [6.45, 7) is 6.91. The summed E-state index contributed by atoms with van der Waals surface area (Å²) >= 11 is 0. The van der Waals surface area contributed by atoms with Crippen LogP contribution < -0.4 is 10.1 Å². The fourth-order valence-corrected chi connectivity index (χ4v) is 5.66. The zero-order valence-electron chi connectivity index (χ0n) is 28.3. The van der Waals surface area contributed by atoms with E-state index < -0.39 is 29.9 Å². The number of hydrogen-bond donors (Lipinski definition) is 2. The van der Waals surface area contributed by atoms with Crippen LogP contribution in [0.4, 0.5) is 9.59 Å². The molecule has 1 atom stereocenters. The molecule has 14 heteroatoms. The number of hydrogen-bond acceptors (Lipinski definition) is 9. The Morgan fingerprint density at radius 1 is 0.898 bits per heavy atom. The number of carboxylic acids is 1. The van der Waals surface area contributed by atoms with Crippen molar-refractivity contribution in [3.63, 3.8) is 0 Å². The summed E-state index contributed by atoms with van der Waals surface area (Å²) in [6, 6.07) is 11.4. The summed E-state index contributed by atoms with van der Waals surface area (Å²) < 4.78 is 16.6. The van der Waals surface area contributed by atoms with Gasteiger partial charge in [0.1, 0.15) is 17.5 Å². The molecule has 0 bridgehead atoms. The van der Waals surface area contributed by atoms with E-state index in [1.54, 1.807) is 17.9 Å². The van der Waals surface area contributed by atoms with Crippen LogP contribution in [-0.2, 0) is 19.1 Å². The number of carbonyl (C=O) groups excluding carboxylic acids is 4. The summed E-state index contributed by atoms with van der Waals surface area (Å²) in [6.07, 6.45) is 1.95. The van der Waals surface area contributed by atoms with Gasteiger partial charge in [0.05, 0.1) is 25.5 Å². The molecule has 2 aliphatic heterocycles. The van der Waals surface area contributed by atoms with Gasteiger partial charge in [0.25, 0.3) is 5.91 Å². The number of carbonyl (C=O) groups is 5. The van der Waals surface area contributed by atoms with Crippen molar-refractivity contribution in [2.45, 2.75) is 58.4 Å². The van der Waals surface area contributed by atoms with E-state index in [2.05, 4.69) is 10.3 Å². The number of carboxylic acid groups (broad SMARTS) is 1. The number of piperidine rings is 1. The van der Waals surface area contributed by atoms with Gasteiger partial charge in [0.15, 0.2) is 0 Å². The van der Waals surface area contributed by atoms with Gasteiger partial charge < -0.3 is 39.3 Å². The number of piperazine rings is 1. The summed E-state index contributed by atoms with van der Waals surface area (Å²) in [4.78, 5) is 72.5. The number of unbranched alkanes of at least 4 members (excludes halogenated alkanes) is 1. The third-order valence-corrected chi connectivity index (χ3v) is 8.55. The molecule has 1 aromatic carbocycles. The first kappa shape index (κ1) is 36.9. The van der Waals surface area contributed by atoms with Gasteiger partial charge >= 0.3 is 18.2 Å². The predicted octanol–water partition coefficient (Wildman–Crippen LogP) is 4.04. The highest BCUT2D eigenvalue weighted by molar-refractivity contribution is 5.97. The van der Waals surface area contributed by atoms with Crippen LogP contribution in [0.3, 0.4) is 0 Å². The topological polar surface area (TPSA) is 168 Å². The maximum atomic E-state index is 13.7. The summed E-state index contributed by atoms with van der Waals surface area (Å²) in [5.41, 5.74) is 1.27. The highest BCUT2D eigenvalue weighted by Gasteiger charge is 2.31. The summed E-state index contributed by atoms with van der Waals surface area (Å²) in [7, 11) is 0. The fourth-order valence-electron chi connectivity index (χ4n) is 5.66. The highest BCUT2D eigenvalue weighted by Crippen LogP contribution is 2.26. The van der Waals surface area contributed by atoms with E-state index in [1.807, 2.05) is 37.3 Å². The largest absolute Gasteiger partial charge is 0.493 e. The molecular weight excluding hydrogens is 634 g/mol. The van der Waals surface area contributed by atoms with Crippen molar-refractivity contribution in [1.82, 2.24) is 25.0 Å². The molecule has 2 saturated heterocycles. The van der Waals surface area contributed by atoms with E-state index in [-0.39, 0.29) is 56.7 Å². The maximum absolute atomic E-state index is 13.7. The van der Waals surface area contributed by atoms with Gasteiger partial charge in [-0.3, -0.25) is 14.4 Å². The molecule has 2 aliphatic rings. The molecule has 0 spiro atoms. The Hall–Kier alpha value is -4.88. The van der Waals surface area contributed by atoms with Crippen molar-refractivity contribution in [3.05, 3.63) is 48.2 Å². The lowest BCUT2D eigenvalue weighted by Gasteiger charge is -2.36. The van der Waals surface area contributed by atoms with Gasteiger partial charge in [0, 0.05) is 63.4 Å². The smallest absolute Gasteiger partial charge is 0.409 e. The monoisotopic (exact) mass is 681 g/mol. The zero-order chi connectivity index (χ0) is 35.2. The number of rotatable bonds is 14. The number of nitrogens with one attached hydrogen (secondary N) is 1. The number of aliphatic carboxylic acids is 1. The van der Waals surface area contributed by atoms with Crippen LogP contribution in [0.5, 0.6) is 5.75 Å². The minimum Gasteiger partial charge on any atom is -0.493 e. The average Bonchev–Trinajstić information content (AvgIpc) is 3.12. The molecule has 0 unspecified atom stereocenters. The van der Waals surface area contributed by atoms with Gasteiger partial charge in [-0.2, -0.15) is 0 Å². The number of likely N-dealkylation sites (tertiary alicyclic amines) is 1. The Balaban J connectivity index is 1.45. The van der Waals surface area contributed by atoms with Crippen molar-refractivity contribution in [2.75, 3.05) is 59.1 Å². The lowest BCUT2D eigenvalue weighted by molar-refractivity contribution is -0.138. The van der Waals surface area contributed by atoms with E-state index in [0.717, 1.165) is 31.2 Å². The summed E-state index contributed by atoms with van der Waals surface area (Å²) in [5, 5.41) is 12.1. The lowest BCUT2D eigenvalue weighted by atomic mass is 9.98. The molecule has 266 valence electrons.